The smallest absolute Gasteiger partial charge is 0.203 e. The fourth-order valence-electron chi connectivity index (χ4n) is 4.20. The van der Waals surface area contributed by atoms with Crippen LogP contribution in [0.2, 0.25) is 0 Å². The van der Waals surface area contributed by atoms with E-state index in [-0.39, 0.29) is 5.92 Å². The molecule has 0 bridgehead atoms. The zero-order valence-corrected chi connectivity index (χ0v) is 17.7. The molecule has 0 amide bonds. The number of carbonyl (C=O) groups is 1. The summed E-state index contributed by atoms with van der Waals surface area (Å²) in [6.45, 7) is 0. The lowest BCUT2D eigenvalue weighted by atomic mass is 9.83. The van der Waals surface area contributed by atoms with Gasteiger partial charge < -0.3 is 18.9 Å². The molecule has 1 aliphatic rings. The predicted molar refractivity (Wildman–Crippen MR) is 113 cm³/mol. The first-order valence-corrected chi connectivity index (χ1v) is 10.1. The van der Waals surface area contributed by atoms with E-state index in [4.69, 9.17) is 18.9 Å². The molecule has 0 saturated heterocycles. The Hall–Kier alpha value is -2.69. The van der Waals surface area contributed by atoms with Crippen molar-refractivity contribution in [2.75, 3.05) is 28.4 Å². The highest BCUT2D eigenvalue weighted by Crippen LogP contribution is 2.44. The lowest BCUT2D eigenvalue weighted by Gasteiger charge is -2.22. The third-order valence-electron chi connectivity index (χ3n) is 5.71. The molecule has 3 rings (SSSR count). The summed E-state index contributed by atoms with van der Waals surface area (Å²) < 4.78 is 22.1. The van der Waals surface area contributed by atoms with Gasteiger partial charge in [0.15, 0.2) is 11.5 Å². The number of carbonyl (C=O) groups excluding carboxylic acids is 1. The van der Waals surface area contributed by atoms with Gasteiger partial charge in [0.05, 0.1) is 28.4 Å². The van der Waals surface area contributed by atoms with Crippen LogP contribution in [0.1, 0.15) is 37.7 Å². The van der Waals surface area contributed by atoms with Gasteiger partial charge in [-0.1, -0.05) is 31.4 Å². The number of rotatable bonds is 8. The van der Waals surface area contributed by atoms with Crippen LogP contribution in [0.4, 0.5) is 0 Å². The average molecular weight is 398 g/mol. The molecule has 1 saturated carbocycles. The molecule has 5 nitrogen and oxygen atoms in total. The van der Waals surface area contributed by atoms with E-state index in [0.717, 1.165) is 42.4 Å². The van der Waals surface area contributed by atoms with Crippen LogP contribution in [0, 0.1) is 5.92 Å². The highest BCUT2D eigenvalue weighted by atomic mass is 16.5. The van der Waals surface area contributed by atoms with Crippen molar-refractivity contribution in [2.24, 2.45) is 5.92 Å². The van der Waals surface area contributed by atoms with Crippen LogP contribution in [0.15, 0.2) is 30.3 Å². The molecule has 0 aliphatic heterocycles. The first-order valence-electron chi connectivity index (χ1n) is 10.1. The van der Waals surface area contributed by atoms with Crippen molar-refractivity contribution in [3.8, 4) is 34.1 Å². The van der Waals surface area contributed by atoms with E-state index in [2.05, 4.69) is 0 Å². The molecule has 0 radical (unpaired) electrons. The van der Waals surface area contributed by atoms with Gasteiger partial charge in [0.1, 0.15) is 11.5 Å². The summed E-state index contributed by atoms with van der Waals surface area (Å²) in [5.74, 6) is 2.87. The third-order valence-corrected chi connectivity index (χ3v) is 5.71. The predicted octanol–water partition coefficient (Wildman–Crippen LogP) is 5.08. The van der Waals surface area contributed by atoms with E-state index in [0.29, 0.717) is 35.2 Å². The van der Waals surface area contributed by atoms with Crippen LogP contribution in [0.3, 0.4) is 0 Å². The van der Waals surface area contributed by atoms with Crippen molar-refractivity contribution in [3.05, 3.63) is 35.9 Å². The maximum atomic E-state index is 13.0. The number of hydrogen-bond acceptors (Lipinski definition) is 5. The van der Waals surface area contributed by atoms with Gasteiger partial charge in [0, 0.05) is 17.9 Å². The quantitative estimate of drug-likeness (QED) is 0.621. The van der Waals surface area contributed by atoms with Gasteiger partial charge in [-0.3, -0.25) is 4.79 Å². The molecule has 5 heteroatoms. The molecule has 0 atom stereocenters. The number of ether oxygens (including phenoxy) is 4. The Morgan fingerprint density at radius 1 is 0.862 bits per heavy atom. The molecule has 0 heterocycles. The van der Waals surface area contributed by atoms with Crippen LogP contribution in [-0.4, -0.2) is 34.2 Å². The molecular formula is C24H30O5. The molecule has 1 fully saturated rings. The molecule has 2 aromatic rings. The van der Waals surface area contributed by atoms with E-state index in [1.807, 2.05) is 30.3 Å². The number of Topliss-reactive ketones (excluding diaryl/α,β-unsaturated/α-hetero) is 1. The number of ketones is 1. The maximum Gasteiger partial charge on any atom is 0.203 e. The molecule has 0 N–H and O–H groups in total. The van der Waals surface area contributed by atoms with Crippen molar-refractivity contribution >= 4 is 5.78 Å². The zero-order chi connectivity index (χ0) is 20.8. The van der Waals surface area contributed by atoms with E-state index in [1.165, 1.54) is 6.42 Å². The molecule has 0 aromatic heterocycles. The Kier molecular flexibility index (Phi) is 7.02. The molecule has 0 unspecified atom stereocenters. The summed E-state index contributed by atoms with van der Waals surface area (Å²) in [7, 11) is 6.41. The minimum absolute atomic E-state index is 0.169. The second kappa shape index (κ2) is 9.68. The van der Waals surface area contributed by atoms with Gasteiger partial charge in [-0.2, -0.15) is 0 Å². The topological polar surface area (TPSA) is 54.0 Å². The van der Waals surface area contributed by atoms with E-state index < -0.39 is 0 Å². The lowest BCUT2D eigenvalue weighted by Crippen LogP contribution is -2.20. The van der Waals surface area contributed by atoms with Gasteiger partial charge in [-0.15, -0.1) is 0 Å². The minimum Gasteiger partial charge on any atom is -0.496 e. The highest BCUT2D eigenvalue weighted by molar-refractivity contribution is 5.87. The number of methoxy groups -OCH3 is 4. The van der Waals surface area contributed by atoms with Crippen molar-refractivity contribution < 1.29 is 23.7 Å². The van der Waals surface area contributed by atoms with E-state index in [1.54, 1.807) is 28.4 Å². The van der Waals surface area contributed by atoms with Crippen LogP contribution < -0.4 is 18.9 Å². The largest absolute Gasteiger partial charge is 0.496 e. The van der Waals surface area contributed by atoms with Crippen molar-refractivity contribution in [2.45, 2.75) is 38.5 Å². The van der Waals surface area contributed by atoms with Gasteiger partial charge in [0.2, 0.25) is 5.75 Å². The summed E-state index contributed by atoms with van der Waals surface area (Å²) in [4.78, 5) is 13.0. The number of benzene rings is 2. The lowest BCUT2D eigenvalue weighted by molar-refractivity contribution is -0.123. The van der Waals surface area contributed by atoms with Gasteiger partial charge in [-0.25, -0.2) is 0 Å². The summed E-state index contributed by atoms with van der Waals surface area (Å²) in [6, 6.07) is 9.64. The highest BCUT2D eigenvalue weighted by Gasteiger charge is 2.24. The SMILES string of the molecule is COc1cc(-c2c(CC(=O)C3CCCCC3)cccc2OC)cc(OC)c1OC. The van der Waals surface area contributed by atoms with Crippen molar-refractivity contribution in [3.63, 3.8) is 0 Å². The van der Waals surface area contributed by atoms with Gasteiger partial charge >= 0.3 is 0 Å². The molecule has 1 aliphatic carbocycles. The number of hydrogen-bond donors (Lipinski definition) is 0. The van der Waals surface area contributed by atoms with E-state index >= 15 is 0 Å². The second-order valence-electron chi connectivity index (χ2n) is 7.39. The fraction of sp³-hybridized carbons (Fsp3) is 0.458. The summed E-state index contributed by atoms with van der Waals surface area (Å²) in [5, 5.41) is 0. The fourth-order valence-corrected chi connectivity index (χ4v) is 4.20. The maximum absolute atomic E-state index is 13.0. The summed E-state index contributed by atoms with van der Waals surface area (Å²) >= 11 is 0. The zero-order valence-electron chi connectivity index (χ0n) is 17.7. The van der Waals surface area contributed by atoms with Crippen LogP contribution in [0.5, 0.6) is 23.0 Å². The Labute approximate surface area is 172 Å². The Morgan fingerprint density at radius 2 is 1.48 bits per heavy atom. The molecule has 29 heavy (non-hydrogen) atoms. The first kappa shape index (κ1) is 21.0. The molecular weight excluding hydrogens is 368 g/mol. The second-order valence-corrected chi connectivity index (χ2v) is 7.39. The van der Waals surface area contributed by atoms with Crippen LogP contribution in [-0.2, 0) is 11.2 Å². The normalized spacial score (nSPS) is 14.3. The monoisotopic (exact) mass is 398 g/mol. The average Bonchev–Trinajstić information content (AvgIpc) is 2.78. The van der Waals surface area contributed by atoms with E-state index in [9.17, 15) is 4.79 Å². The Bertz CT molecular complexity index is 827. The van der Waals surface area contributed by atoms with Crippen molar-refractivity contribution in [1.29, 1.82) is 0 Å². The summed E-state index contributed by atoms with van der Waals surface area (Å²) in [6.07, 6.45) is 5.93. The third kappa shape index (κ3) is 4.50. The van der Waals surface area contributed by atoms with Gasteiger partial charge in [0.25, 0.3) is 0 Å². The molecule has 2 aromatic carbocycles. The molecule has 156 valence electrons. The Balaban J connectivity index is 2.05. The minimum atomic E-state index is 0.169. The van der Waals surface area contributed by atoms with Crippen molar-refractivity contribution in [1.82, 2.24) is 0 Å². The van der Waals surface area contributed by atoms with Gasteiger partial charge in [-0.05, 0) is 42.2 Å². The van der Waals surface area contributed by atoms with Crippen LogP contribution >= 0.6 is 0 Å². The standard InChI is InChI=1S/C24H30O5/c1-26-20-12-8-11-17(13-19(25)16-9-6-5-7-10-16)23(20)18-14-21(27-2)24(29-4)22(15-18)28-3/h8,11-12,14-16H,5-7,9-10,13H2,1-4H3. The molecule has 0 spiro atoms. The first-order chi connectivity index (χ1) is 14.1. The summed E-state index contributed by atoms with van der Waals surface area (Å²) in [5.41, 5.74) is 2.70. The Morgan fingerprint density at radius 3 is 2.03 bits per heavy atom. The van der Waals surface area contributed by atoms with Crippen LogP contribution in [0.25, 0.3) is 11.1 Å².